The van der Waals surface area contributed by atoms with E-state index < -0.39 is 0 Å². The van der Waals surface area contributed by atoms with Gasteiger partial charge in [0, 0.05) is 18.8 Å². The lowest BCUT2D eigenvalue weighted by Gasteiger charge is -2.10. The second-order valence-corrected chi connectivity index (χ2v) is 3.81. The van der Waals surface area contributed by atoms with Crippen molar-refractivity contribution in [2.45, 2.75) is 0 Å². The van der Waals surface area contributed by atoms with E-state index in [1.54, 1.807) is 0 Å². The van der Waals surface area contributed by atoms with Crippen molar-refractivity contribution < 1.29 is 0 Å². The summed E-state index contributed by atoms with van der Waals surface area (Å²) in [6, 6.07) is 17.9. The molecule has 2 rings (SSSR count). The molecule has 0 aliphatic heterocycles. The number of benzene rings is 2. The van der Waals surface area contributed by atoms with Crippen LogP contribution in [-0.2, 0) is 0 Å². The van der Waals surface area contributed by atoms with E-state index in [1.165, 1.54) is 0 Å². The summed E-state index contributed by atoms with van der Waals surface area (Å²) >= 11 is 0. The highest BCUT2D eigenvalue weighted by Crippen LogP contribution is 2.15. The fraction of sp³-hybridized carbons (Fsp3) is 0.143. The largest absolute Gasteiger partial charge is 0.397 e. The zero-order valence-corrected chi connectivity index (χ0v) is 9.69. The molecule has 17 heavy (non-hydrogen) atoms. The van der Waals surface area contributed by atoms with Crippen molar-refractivity contribution >= 4 is 17.1 Å². The molecule has 2 aromatic carbocycles. The van der Waals surface area contributed by atoms with Crippen LogP contribution in [0.15, 0.2) is 54.6 Å². The van der Waals surface area contributed by atoms with Crippen LogP contribution in [0.2, 0.25) is 0 Å². The molecule has 0 amide bonds. The van der Waals surface area contributed by atoms with Crippen molar-refractivity contribution in [3.05, 3.63) is 54.6 Å². The molecule has 0 saturated carbocycles. The van der Waals surface area contributed by atoms with Gasteiger partial charge in [-0.05, 0) is 24.3 Å². The first-order chi connectivity index (χ1) is 8.36. The first-order valence-corrected chi connectivity index (χ1v) is 5.73. The number of nitrogens with two attached hydrogens (primary N) is 1. The molecule has 0 spiro atoms. The van der Waals surface area contributed by atoms with Crippen LogP contribution in [0, 0.1) is 0 Å². The molecule has 0 aliphatic rings. The van der Waals surface area contributed by atoms with Crippen LogP contribution in [0.1, 0.15) is 0 Å². The molecular formula is C14H17N3. The lowest BCUT2D eigenvalue weighted by atomic mass is 10.2. The fourth-order valence-electron chi connectivity index (χ4n) is 1.62. The van der Waals surface area contributed by atoms with E-state index in [1.807, 2.05) is 42.5 Å². The van der Waals surface area contributed by atoms with Crippen molar-refractivity contribution in [1.29, 1.82) is 0 Å². The van der Waals surface area contributed by atoms with Gasteiger partial charge in [0.15, 0.2) is 0 Å². The molecule has 4 N–H and O–H groups in total. The molecule has 2 aromatic rings. The van der Waals surface area contributed by atoms with Gasteiger partial charge in [-0.1, -0.05) is 30.3 Å². The fourth-order valence-corrected chi connectivity index (χ4v) is 1.62. The summed E-state index contributed by atoms with van der Waals surface area (Å²) in [7, 11) is 0. The zero-order chi connectivity index (χ0) is 11.9. The third-order valence-corrected chi connectivity index (χ3v) is 2.50. The van der Waals surface area contributed by atoms with E-state index in [0.29, 0.717) is 0 Å². The maximum absolute atomic E-state index is 5.83. The average Bonchev–Trinajstić information content (AvgIpc) is 2.38. The Morgan fingerprint density at radius 2 is 1.41 bits per heavy atom. The Kier molecular flexibility index (Phi) is 3.86. The van der Waals surface area contributed by atoms with Gasteiger partial charge in [-0.25, -0.2) is 0 Å². The highest BCUT2D eigenvalue weighted by atomic mass is 15.0. The lowest BCUT2D eigenvalue weighted by Crippen LogP contribution is -2.14. The van der Waals surface area contributed by atoms with Gasteiger partial charge in [-0.3, -0.25) is 0 Å². The third kappa shape index (κ3) is 3.41. The summed E-state index contributed by atoms with van der Waals surface area (Å²) in [4.78, 5) is 0. The molecule has 0 aromatic heterocycles. The Labute approximate surface area is 102 Å². The molecule has 0 fully saturated rings. The predicted octanol–water partition coefficient (Wildman–Crippen LogP) is 2.79. The monoisotopic (exact) mass is 227 g/mol. The first kappa shape index (κ1) is 11.3. The molecule has 0 atom stereocenters. The van der Waals surface area contributed by atoms with E-state index in [4.69, 9.17) is 5.73 Å². The quantitative estimate of drug-likeness (QED) is 0.544. The summed E-state index contributed by atoms with van der Waals surface area (Å²) in [5.74, 6) is 0. The molecule has 3 heteroatoms. The molecule has 0 unspecified atom stereocenters. The van der Waals surface area contributed by atoms with Gasteiger partial charge in [0.1, 0.15) is 0 Å². The standard InChI is InChI=1S/C14H17N3/c15-13-8-4-5-9-14(13)17-11-10-16-12-6-2-1-3-7-12/h1-9,16-17H,10-11,15H2. The van der Waals surface area contributed by atoms with Crippen LogP contribution in [0.3, 0.4) is 0 Å². The van der Waals surface area contributed by atoms with E-state index >= 15 is 0 Å². The predicted molar refractivity (Wildman–Crippen MR) is 74.3 cm³/mol. The summed E-state index contributed by atoms with van der Waals surface area (Å²) in [6.45, 7) is 1.70. The van der Waals surface area contributed by atoms with Gasteiger partial charge in [0.2, 0.25) is 0 Å². The minimum Gasteiger partial charge on any atom is -0.397 e. The SMILES string of the molecule is Nc1ccccc1NCCNc1ccccc1. The van der Waals surface area contributed by atoms with Crippen molar-refractivity contribution in [3.63, 3.8) is 0 Å². The summed E-state index contributed by atoms with van der Waals surface area (Å²) < 4.78 is 0. The summed E-state index contributed by atoms with van der Waals surface area (Å²) in [5, 5.41) is 6.63. The maximum Gasteiger partial charge on any atom is 0.0574 e. The van der Waals surface area contributed by atoms with E-state index in [9.17, 15) is 0 Å². The Hall–Kier alpha value is -2.16. The number of anilines is 3. The molecule has 0 heterocycles. The Bertz CT molecular complexity index is 454. The van der Waals surface area contributed by atoms with Crippen LogP contribution >= 0.6 is 0 Å². The van der Waals surface area contributed by atoms with E-state index in [2.05, 4.69) is 22.8 Å². The maximum atomic E-state index is 5.83. The zero-order valence-electron chi connectivity index (χ0n) is 9.69. The smallest absolute Gasteiger partial charge is 0.0574 e. The molecule has 88 valence electrons. The van der Waals surface area contributed by atoms with Gasteiger partial charge in [-0.2, -0.15) is 0 Å². The minimum absolute atomic E-state index is 0.784. The van der Waals surface area contributed by atoms with Crippen molar-refractivity contribution in [2.24, 2.45) is 0 Å². The Morgan fingerprint density at radius 3 is 2.18 bits per heavy atom. The summed E-state index contributed by atoms with van der Waals surface area (Å²) in [5.41, 5.74) is 8.74. The Morgan fingerprint density at radius 1 is 0.765 bits per heavy atom. The van der Waals surface area contributed by atoms with Crippen LogP contribution in [0.5, 0.6) is 0 Å². The number of nitrogens with one attached hydrogen (secondary N) is 2. The van der Waals surface area contributed by atoms with Gasteiger partial charge in [-0.15, -0.1) is 0 Å². The second-order valence-electron chi connectivity index (χ2n) is 3.81. The summed E-state index contributed by atoms with van der Waals surface area (Å²) in [6.07, 6.45) is 0. The van der Waals surface area contributed by atoms with Crippen LogP contribution < -0.4 is 16.4 Å². The molecule has 0 saturated heterocycles. The van der Waals surface area contributed by atoms with Crippen LogP contribution in [0.25, 0.3) is 0 Å². The molecule has 0 radical (unpaired) electrons. The number of para-hydroxylation sites is 3. The van der Waals surface area contributed by atoms with E-state index in [0.717, 1.165) is 30.2 Å². The highest BCUT2D eigenvalue weighted by molar-refractivity contribution is 5.65. The van der Waals surface area contributed by atoms with Gasteiger partial charge < -0.3 is 16.4 Å². The van der Waals surface area contributed by atoms with Gasteiger partial charge in [0.25, 0.3) is 0 Å². The van der Waals surface area contributed by atoms with Crippen molar-refractivity contribution in [2.75, 3.05) is 29.5 Å². The van der Waals surface area contributed by atoms with E-state index in [-0.39, 0.29) is 0 Å². The second kappa shape index (κ2) is 5.80. The highest BCUT2D eigenvalue weighted by Gasteiger charge is 1.95. The van der Waals surface area contributed by atoms with Gasteiger partial charge in [0.05, 0.1) is 11.4 Å². The normalized spacial score (nSPS) is 9.88. The lowest BCUT2D eigenvalue weighted by molar-refractivity contribution is 1.08. The average molecular weight is 227 g/mol. The number of hydrogen-bond donors (Lipinski definition) is 3. The molecular weight excluding hydrogens is 210 g/mol. The van der Waals surface area contributed by atoms with Gasteiger partial charge >= 0.3 is 0 Å². The number of hydrogen-bond acceptors (Lipinski definition) is 3. The third-order valence-electron chi connectivity index (χ3n) is 2.50. The van der Waals surface area contributed by atoms with Crippen molar-refractivity contribution in [3.8, 4) is 0 Å². The molecule has 3 nitrogen and oxygen atoms in total. The van der Waals surface area contributed by atoms with Crippen molar-refractivity contribution in [1.82, 2.24) is 0 Å². The van der Waals surface area contributed by atoms with Crippen LogP contribution in [0.4, 0.5) is 17.1 Å². The Balaban J connectivity index is 1.76. The first-order valence-electron chi connectivity index (χ1n) is 5.73. The minimum atomic E-state index is 0.784. The topological polar surface area (TPSA) is 50.1 Å². The number of nitrogen functional groups attached to an aromatic ring is 1. The number of rotatable bonds is 5. The molecule has 0 aliphatic carbocycles. The molecule has 0 bridgehead atoms. The van der Waals surface area contributed by atoms with Crippen LogP contribution in [-0.4, -0.2) is 13.1 Å².